The first-order valence-corrected chi connectivity index (χ1v) is 8.51. The van der Waals surface area contributed by atoms with Gasteiger partial charge in [-0.15, -0.1) is 6.58 Å². The zero-order valence-corrected chi connectivity index (χ0v) is 12.0. The molecule has 0 aliphatic carbocycles. The Kier molecular flexibility index (Phi) is 5.42. The Labute approximate surface area is 99.6 Å². The molecule has 0 amide bonds. The van der Waals surface area contributed by atoms with E-state index in [1.165, 1.54) is 0 Å². The molecule has 0 aromatic carbocycles. The van der Waals surface area contributed by atoms with Crippen LogP contribution in [0.4, 0.5) is 0 Å². The molecule has 0 rings (SSSR count). The smallest absolute Gasteiger partial charge is 0.305 e. The SMILES string of the molecule is C=CCC(CC(=O)O)O[Si](C)(C)C(C)(C)C. The van der Waals surface area contributed by atoms with Gasteiger partial charge in [-0.05, 0) is 24.6 Å². The van der Waals surface area contributed by atoms with E-state index < -0.39 is 14.3 Å². The molecule has 16 heavy (non-hydrogen) atoms. The third kappa shape index (κ3) is 4.94. The van der Waals surface area contributed by atoms with Gasteiger partial charge in [-0.1, -0.05) is 26.8 Å². The summed E-state index contributed by atoms with van der Waals surface area (Å²) < 4.78 is 6.04. The fraction of sp³-hybridized carbons (Fsp3) is 0.750. The molecular formula is C12H24O3Si. The number of rotatable bonds is 6. The van der Waals surface area contributed by atoms with Crippen LogP contribution in [0.5, 0.6) is 0 Å². The Balaban J connectivity index is 4.61. The van der Waals surface area contributed by atoms with E-state index in [9.17, 15) is 4.79 Å². The predicted molar refractivity (Wildman–Crippen MR) is 69.1 cm³/mol. The van der Waals surface area contributed by atoms with Crippen LogP contribution in [0.1, 0.15) is 33.6 Å². The molecule has 0 aromatic rings. The van der Waals surface area contributed by atoms with Crippen LogP contribution in [0.2, 0.25) is 18.1 Å². The summed E-state index contributed by atoms with van der Waals surface area (Å²) in [6.07, 6.45) is 2.13. The fourth-order valence-corrected chi connectivity index (χ4v) is 2.51. The van der Waals surface area contributed by atoms with Crippen LogP contribution in [-0.4, -0.2) is 25.5 Å². The third-order valence-electron chi connectivity index (χ3n) is 3.10. The van der Waals surface area contributed by atoms with Crippen molar-refractivity contribution in [3.63, 3.8) is 0 Å². The molecule has 1 unspecified atom stereocenters. The number of carbonyl (C=O) groups is 1. The summed E-state index contributed by atoms with van der Waals surface area (Å²) >= 11 is 0. The minimum atomic E-state index is -1.88. The first kappa shape index (κ1) is 15.4. The summed E-state index contributed by atoms with van der Waals surface area (Å²) in [6.45, 7) is 14.3. The van der Waals surface area contributed by atoms with E-state index in [0.29, 0.717) is 6.42 Å². The lowest BCUT2D eigenvalue weighted by Crippen LogP contribution is -2.44. The third-order valence-corrected chi connectivity index (χ3v) is 7.63. The minimum Gasteiger partial charge on any atom is -0.481 e. The first-order valence-electron chi connectivity index (χ1n) is 5.60. The van der Waals surface area contributed by atoms with E-state index in [4.69, 9.17) is 9.53 Å². The molecule has 1 atom stereocenters. The Morgan fingerprint density at radius 3 is 2.31 bits per heavy atom. The highest BCUT2D eigenvalue weighted by atomic mass is 28.4. The molecule has 0 radical (unpaired) electrons. The van der Waals surface area contributed by atoms with Crippen molar-refractivity contribution in [2.75, 3.05) is 0 Å². The lowest BCUT2D eigenvalue weighted by atomic mass is 10.2. The molecule has 0 aliphatic rings. The van der Waals surface area contributed by atoms with Crippen LogP contribution in [0.3, 0.4) is 0 Å². The van der Waals surface area contributed by atoms with Gasteiger partial charge in [0.1, 0.15) is 0 Å². The molecule has 0 fully saturated rings. The number of carboxylic acid groups (broad SMARTS) is 1. The lowest BCUT2D eigenvalue weighted by Gasteiger charge is -2.38. The molecule has 0 saturated carbocycles. The summed E-state index contributed by atoms with van der Waals surface area (Å²) in [6, 6.07) is 0. The molecule has 1 N–H and O–H groups in total. The Morgan fingerprint density at radius 2 is 2.00 bits per heavy atom. The van der Waals surface area contributed by atoms with Gasteiger partial charge in [-0.2, -0.15) is 0 Å². The maximum absolute atomic E-state index is 10.7. The number of hydrogen-bond acceptors (Lipinski definition) is 2. The summed E-state index contributed by atoms with van der Waals surface area (Å²) in [7, 11) is -1.88. The van der Waals surface area contributed by atoms with E-state index >= 15 is 0 Å². The van der Waals surface area contributed by atoms with Crippen molar-refractivity contribution < 1.29 is 14.3 Å². The van der Waals surface area contributed by atoms with Crippen molar-refractivity contribution in [3.8, 4) is 0 Å². The molecular weight excluding hydrogens is 220 g/mol. The van der Waals surface area contributed by atoms with Crippen molar-refractivity contribution >= 4 is 14.3 Å². The van der Waals surface area contributed by atoms with E-state index in [-0.39, 0.29) is 17.6 Å². The van der Waals surface area contributed by atoms with Crippen molar-refractivity contribution in [2.45, 2.75) is 57.8 Å². The molecule has 3 nitrogen and oxygen atoms in total. The van der Waals surface area contributed by atoms with Gasteiger partial charge in [0.25, 0.3) is 0 Å². The highest BCUT2D eigenvalue weighted by molar-refractivity contribution is 6.74. The molecule has 4 heteroatoms. The van der Waals surface area contributed by atoms with Crippen LogP contribution >= 0.6 is 0 Å². The lowest BCUT2D eigenvalue weighted by molar-refractivity contribution is -0.138. The van der Waals surface area contributed by atoms with E-state index in [1.807, 2.05) is 0 Å². The molecule has 0 heterocycles. The minimum absolute atomic E-state index is 0.0541. The summed E-state index contributed by atoms with van der Waals surface area (Å²) in [5.41, 5.74) is 0. The van der Waals surface area contributed by atoms with Gasteiger partial charge in [0, 0.05) is 0 Å². The molecule has 0 aliphatic heterocycles. The van der Waals surface area contributed by atoms with Crippen LogP contribution in [-0.2, 0) is 9.22 Å². The topological polar surface area (TPSA) is 46.5 Å². The van der Waals surface area contributed by atoms with Gasteiger partial charge in [0.2, 0.25) is 0 Å². The van der Waals surface area contributed by atoms with Crippen LogP contribution in [0, 0.1) is 0 Å². The molecule has 0 bridgehead atoms. The van der Waals surface area contributed by atoms with E-state index in [0.717, 1.165) is 0 Å². The zero-order valence-electron chi connectivity index (χ0n) is 11.0. The highest BCUT2D eigenvalue weighted by Crippen LogP contribution is 2.37. The summed E-state index contributed by atoms with van der Waals surface area (Å²) in [4.78, 5) is 10.7. The Hall–Kier alpha value is -0.613. The van der Waals surface area contributed by atoms with Gasteiger partial charge in [-0.3, -0.25) is 4.79 Å². The van der Waals surface area contributed by atoms with Gasteiger partial charge in [0.15, 0.2) is 8.32 Å². The number of aliphatic carboxylic acids is 1. The van der Waals surface area contributed by atoms with Crippen molar-refractivity contribution in [1.29, 1.82) is 0 Å². The number of hydrogen-bond donors (Lipinski definition) is 1. The maximum Gasteiger partial charge on any atom is 0.305 e. The second-order valence-corrected chi connectivity index (χ2v) is 10.4. The van der Waals surface area contributed by atoms with Gasteiger partial charge in [0.05, 0.1) is 12.5 Å². The van der Waals surface area contributed by atoms with Crippen LogP contribution < -0.4 is 0 Å². The normalized spacial score (nSPS) is 14.6. The highest BCUT2D eigenvalue weighted by Gasteiger charge is 2.39. The quantitative estimate of drug-likeness (QED) is 0.575. The standard InChI is InChI=1S/C12H24O3Si/c1-7-8-10(9-11(13)14)15-16(5,6)12(2,3)4/h7,10H,1,8-9H2,2-6H3,(H,13,14). The zero-order chi connectivity index (χ0) is 13.0. The van der Waals surface area contributed by atoms with E-state index in [2.05, 4.69) is 40.4 Å². The average Bonchev–Trinajstić information content (AvgIpc) is 1.99. The Bertz CT molecular complexity index is 253. The predicted octanol–water partition coefficient (Wildman–Crippen LogP) is 3.43. The van der Waals surface area contributed by atoms with Crippen molar-refractivity contribution in [3.05, 3.63) is 12.7 Å². The van der Waals surface area contributed by atoms with Crippen molar-refractivity contribution in [2.24, 2.45) is 0 Å². The second-order valence-electron chi connectivity index (χ2n) is 5.62. The largest absolute Gasteiger partial charge is 0.481 e. The summed E-state index contributed by atoms with van der Waals surface area (Å²) in [5.74, 6) is -0.814. The summed E-state index contributed by atoms with van der Waals surface area (Å²) in [5, 5.41) is 8.91. The van der Waals surface area contributed by atoms with Crippen LogP contribution in [0.25, 0.3) is 0 Å². The monoisotopic (exact) mass is 244 g/mol. The van der Waals surface area contributed by atoms with Gasteiger partial charge >= 0.3 is 5.97 Å². The van der Waals surface area contributed by atoms with Gasteiger partial charge < -0.3 is 9.53 Å². The Morgan fingerprint density at radius 1 is 1.50 bits per heavy atom. The second kappa shape index (κ2) is 5.64. The molecule has 0 saturated heterocycles. The molecule has 94 valence electrons. The fourth-order valence-electron chi connectivity index (χ4n) is 1.15. The molecule has 0 spiro atoms. The van der Waals surface area contributed by atoms with Crippen molar-refractivity contribution in [1.82, 2.24) is 0 Å². The van der Waals surface area contributed by atoms with Crippen LogP contribution in [0.15, 0.2) is 12.7 Å². The van der Waals surface area contributed by atoms with E-state index in [1.54, 1.807) is 6.08 Å². The maximum atomic E-state index is 10.7. The number of carboxylic acids is 1. The first-order chi connectivity index (χ1) is 7.10. The molecule has 0 aromatic heterocycles. The average molecular weight is 244 g/mol. The van der Waals surface area contributed by atoms with Gasteiger partial charge in [-0.25, -0.2) is 0 Å².